The molecule has 0 radical (unpaired) electrons. The van der Waals surface area contributed by atoms with Gasteiger partial charge in [-0.3, -0.25) is 0 Å². The fraction of sp³-hybridized carbons (Fsp3) is 0.333. The molecule has 1 atom stereocenters. The van der Waals surface area contributed by atoms with Crippen molar-refractivity contribution >= 4 is 0 Å². The monoisotopic (exact) mass is 95.1 g/mol. The highest BCUT2D eigenvalue weighted by Crippen LogP contribution is 1.99. The summed E-state index contributed by atoms with van der Waals surface area (Å²) in [4.78, 5) is 0. The second kappa shape index (κ2) is 1.82. The smallest absolute Gasteiger partial charge is 0.0471 e. The summed E-state index contributed by atoms with van der Waals surface area (Å²) in [6.45, 7) is 3.64. The molecular formula is C6H9N. The number of nitrogens with one attached hydrogen (secondary N) is 1. The summed E-state index contributed by atoms with van der Waals surface area (Å²) in [5.74, 6) is 0. The van der Waals surface area contributed by atoms with Crippen molar-refractivity contribution in [3.05, 3.63) is 24.9 Å². The van der Waals surface area contributed by atoms with Crippen molar-refractivity contribution in [2.45, 2.75) is 12.5 Å². The van der Waals surface area contributed by atoms with E-state index >= 15 is 0 Å². The van der Waals surface area contributed by atoms with Gasteiger partial charge in [-0.05, 0) is 12.6 Å². The molecule has 1 aliphatic rings. The first kappa shape index (κ1) is 4.44. The molecule has 0 saturated carbocycles. The van der Waals surface area contributed by atoms with E-state index in [1.165, 1.54) is 0 Å². The second-order valence-electron chi connectivity index (χ2n) is 1.65. The minimum Gasteiger partial charge on any atom is -0.385 e. The van der Waals surface area contributed by atoms with Gasteiger partial charge in [0.1, 0.15) is 0 Å². The van der Waals surface area contributed by atoms with Crippen LogP contribution in [0.4, 0.5) is 0 Å². The molecule has 0 bridgehead atoms. The van der Waals surface area contributed by atoms with E-state index in [9.17, 15) is 0 Å². The van der Waals surface area contributed by atoms with Crippen LogP contribution in [0.15, 0.2) is 24.9 Å². The third-order valence-corrected chi connectivity index (χ3v) is 1.10. The van der Waals surface area contributed by atoms with Gasteiger partial charge in [-0.1, -0.05) is 12.2 Å². The molecule has 1 heterocycles. The molecule has 1 N–H and O–H groups in total. The van der Waals surface area contributed by atoms with Gasteiger partial charge in [-0.15, -0.1) is 6.58 Å². The van der Waals surface area contributed by atoms with Gasteiger partial charge in [0.15, 0.2) is 0 Å². The van der Waals surface area contributed by atoms with Gasteiger partial charge in [0.05, 0.1) is 0 Å². The molecule has 0 saturated heterocycles. The Balaban J connectivity index is 2.35. The Morgan fingerprint density at radius 2 is 2.71 bits per heavy atom. The van der Waals surface area contributed by atoms with E-state index in [4.69, 9.17) is 0 Å². The lowest BCUT2D eigenvalue weighted by Gasteiger charge is -1.99. The molecule has 1 nitrogen and oxygen atoms in total. The van der Waals surface area contributed by atoms with Crippen molar-refractivity contribution in [2.75, 3.05) is 0 Å². The SMILES string of the molecule is C=CC1CC=CN1. The lowest BCUT2D eigenvalue weighted by molar-refractivity contribution is 0.761. The minimum atomic E-state index is 0.500. The Morgan fingerprint density at radius 1 is 1.86 bits per heavy atom. The Hall–Kier alpha value is -0.720. The van der Waals surface area contributed by atoms with Gasteiger partial charge in [-0.2, -0.15) is 0 Å². The molecule has 0 aromatic heterocycles. The van der Waals surface area contributed by atoms with Crippen LogP contribution in [0.5, 0.6) is 0 Å². The molecule has 0 aromatic rings. The zero-order valence-electron chi connectivity index (χ0n) is 4.22. The first-order valence-electron chi connectivity index (χ1n) is 2.47. The molecule has 0 aromatic carbocycles. The molecule has 7 heavy (non-hydrogen) atoms. The molecule has 38 valence electrons. The third kappa shape index (κ3) is 0.829. The normalized spacial score (nSPS) is 27.1. The molecule has 0 aliphatic carbocycles. The maximum absolute atomic E-state index is 3.64. The average molecular weight is 95.1 g/mol. The quantitative estimate of drug-likeness (QED) is 0.480. The number of hydrogen-bond acceptors (Lipinski definition) is 1. The highest BCUT2D eigenvalue weighted by atomic mass is 14.9. The molecule has 1 aliphatic heterocycles. The van der Waals surface area contributed by atoms with Gasteiger partial charge >= 0.3 is 0 Å². The van der Waals surface area contributed by atoms with Crippen molar-refractivity contribution in [3.8, 4) is 0 Å². The second-order valence-corrected chi connectivity index (χ2v) is 1.65. The van der Waals surface area contributed by atoms with Gasteiger partial charge in [-0.25, -0.2) is 0 Å². The summed E-state index contributed by atoms with van der Waals surface area (Å²) in [6.07, 6.45) is 7.09. The molecule has 0 spiro atoms. The van der Waals surface area contributed by atoms with E-state index in [0.29, 0.717) is 6.04 Å². The topological polar surface area (TPSA) is 12.0 Å². The van der Waals surface area contributed by atoms with E-state index in [2.05, 4.69) is 18.0 Å². The highest BCUT2D eigenvalue weighted by Gasteiger charge is 2.00. The van der Waals surface area contributed by atoms with E-state index in [1.54, 1.807) is 0 Å². The number of rotatable bonds is 1. The zero-order chi connectivity index (χ0) is 5.11. The summed E-state index contributed by atoms with van der Waals surface area (Å²) >= 11 is 0. The van der Waals surface area contributed by atoms with E-state index < -0.39 is 0 Å². The van der Waals surface area contributed by atoms with Crippen LogP contribution in [0.2, 0.25) is 0 Å². The predicted molar refractivity (Wildman–Crippen MR) is 30.9 cm³/mol. The zero-order valence-corrected chi connectivity index (χ0v) is 4.22. The predicted octanol–water partition coefficient (Wildman–Crippen LogP) is 1.05. The Bertz CT molecular complexity index is 86.4. The summed E-state index contributed by atoms with van der Waals surface area (Å²) in [6, 6.07) is 0.500. The third-order valence-electron chi connectivity index (χ3n) is 1.10. The highest BCUT2D eigenvalue weighted by molar-refractivity contribution is 5.02. The lowest BCUT2D eigenvalue weighted by atomic mass is 10.2. The van der Waals surface area contributed by atoms with Crippen LogP contribution < -0.4 is 5.32 Å². The molecule has 0 amide bonds. The fourth-order valence-corrected chi connectivity index (χ4v) is 0.639. The molecule has 1 rings (SSSR count). The fourth-order valence-electron chi connectivity index (χ4n) is 0.639. The first-order valence-corrected chi connectivity index (χ1v) is 2.47. The largest absolute Gasteiger partial charge is 0.385 e. The first-order chi connectivity index (χ1) is 3.43. The van der Waals surface area contributed by atoms with E-state index in [1.807, 2.05) is 12.3 Å². The minimum absolute atomic E-state index is 0.500. The van der Waals surface area contributed by atoms with Crippen molar-refractivity contribution in [2.24, 2.45) is 0 Å². The van der Waals surface area contributed by atoms with E-state index in [0.717, 1.165) is 6.42 Å². The van der Waals surface area contributed by atoms with Crippen LogP contribution in [0, 0.1) is 0 Å². The van der Waals surface area contributed by atoms with Crippen LogP contribution in [0.1, 0.15) is 6.42 Å². The van der Waals surface area contributed by atoms with Crippen molar-refractivity contribution in [1.29, 1.82) is 0 Å². The summed E-state index contributed by atoms with van der Waals surface area (Å²) in [5.41, 5.74) is 0. The van der Waals surface area contributed by atoms with E-state index in [-0.39, 0.29) is 0 Å². The molecular weight excluding hydrogens is 86.1 g/mol. The Labute approximate surface area is 43.7 Å². The molecule has 1 unspecified atom stereocenters. The maximum atomic E-state index is 3.64. The summed E-state index contributed by atoms with van der Waals surface area (Å²) in [5, 5.41) is 3.11. The van der Waals surface area contributed by atoms with Gasteiger partial charge in [0, 0.05) is 6.04 Å². The number of hydrogen-bond donors (Lipinski definition) is 1. The van der Waals surface area contributed by atoms with Crippen molar-refractivity contribution in [1.82, 2.24) is 5.32 Å². The van der Waals surface area contributed by atoms with Crippen molar-refractivity contribution in [3.63, 3.8) is 0 Å². The van der Waals surface area contributed by atoms with Crippen LogP contribution in [0.25, 0.3) is 0 Å². The Morgan fingerprint density at radius 3 is 3.00 bits per heavy atom. The van der Waals surface area contributed by atoms with Crippen LogP contribution in [-0.4, -0.2) is 6.04 Å². The summed E-state index contributed by atoms with van der Waals surface area (Å²) < 4.78 is 0. The van der Waals surface area contributed by atoms with Crippen molar-refractivity contribution < 1.29 is 0 Å². The van der Waals surface area contributed by atoms with Gasteiger partial charge < -0.3 is 5.32 Å². The van der Waals surface area contributed by atoms with Crippen LogP contribution in [0.3, 0.4) is 0 Å². The average Bonchev–Trinajstić information content (AvgIpc) is 2.14. The van der Waals surface area contributed by atoms with Crippen LogP contribution in [-0.2, 0) is 0 Å². The Kier molecular flexibility index (Phi) is 1.16. The van der Waals surface area contributed by atoms with Gasteiger partial charge in [0.2, 0.25) is 0 Å². The maximum Gasteiger partial charge on any atom is 0.0471 e. The summed E-state index contributed by atoms with van der Waals surface area (Å²) in [7, 11) is 0. The lowest BCUT2D eigenvalue weighted by Crippen LogP contribution is -2.14. The molecule has 0 fully saturated rings. The van der Waals surface area contributed by atoms with Crippen LogP contribution >= 0.6 is 0 Å². The standard InChI is InChI=1S/C6H9N/c1-2-6-4-3-5-7-6/h2-3,5-7H,1,4H2. The molecule has 1 heteroatoms. The van der Waals surface area contributed by atoms with Gasteiger partial charge in [0.25, 0.3) is 0 Å².